The second kappa shape index (κ2) is 11.3. The number of carbonyl (C=O) groups excluding carboxylic acids is 1. The fraction of sp³-hybridized carbons (Fsp3) is 0.250. The lowest BCUT2D eigenvalue weighted by molar-refractivity contribution is -0.133. The van der Waals surface area contributed by atoms with Gasteiger partial charge in [0, 0.05) is 17.5 Å². The minimum atomic E-state index is -3.42. The summed E-state index contributed by atoms with van der Waals surface area (Å²) in [5, 5.41) is 19.5. The quantitative estimate of drug-likeness (QED) is 0.226. The van der Waals surface area contributed by atoms with E-state index in [1.54, 1.807) is 18.4 Å². The van der Waals surface area contributed by atoms with E-state index < -0.39 is 21.5 Å². The number of benzene rings is 2. The number of sulfone groups is 1. The topological polar surface area (TPSA) is 135 Å². The first-order valence-electron chi connectivity index (χ1n) is 10.6. The van der Waals surface area contributed by atoms with Crippen LogP contribution in [0.3, 0.4) is 0 Å². The summed E-state index contributed by atoms with van der Waals surface area (Å²) in [5.41, 5.74) is 2.00. The van der Waals surface area contributed by atoms with Crippen LogP contribution in [-0.2, 0) is 19.4 Å². The van der Waals surface area contributed by atoms with Crippen molar-refractivity contribution in [2.45, 2.75) is 24.7 Å². The van der Waals surface area contributed by atoms with Crippen molar-refractivity contribution in [1.82, 2.24) is 10.2 Å². The molecule has 3 aromatic rings. The highest BCUT2D eigenvalue weighted by molar-refractivity contribution is 7.98. The molecule has 0 unspecified atom stereocenters. The Hall–Kier alpha value is -3.44. The van der Waals surface area contributed by atoms with Crippen LogP contribution in [0.25, 0.3) is 17.2 Å². The zero-order valence-electron chi connectivity index (χ0n) is 19.7. The molecular formula is C24H26N4O5S2. The van der Waals surface area contributed by atoms with Crippen LogP contribution in [0.4, 0.5) is 5.69 Å². The van der Waals surface area contributed by atoms with E-state index in [1.165, 1.54) is 30.0 Å². The van der Waals surface area contributed by atoms with Crippen molar-refractivity contribution in [3.8, 4) is 11.5 Å². The highest BCUT2D eigenvalue weighted by atomic mass is 32.2. The van der Waals surface area contributed by atoms with E-state index in [-0.39, 0.29) is 34.2 Å². The normalized spacial score (nSPS) is 12.0. The van der Waals surface area contributed by atoms with Crippen molar-refractivity contribution in [3.63, 3.8) is 0 Å². The van der Waals surface area contributed by atoms with Crippen LogP contribution in [0.1, 0.15) is 31.2 Å². The van der Waals surface area contributed by atoms with E-state index in [2.05, 4.69) is 15.5 Å². The number of hydrogen-bond donors (Lipinski definition) is 2. The summed E-state index contributed by atoms with van der Waals surface area (Å²) >= 11 is 1.31. The molecule has 0 aliphatic heterocycles. The molecule has 0 spiro atoms. The van der Waals surface area contributed by atoms with Gasteiger partial charge in [0.05, 0.1) is 4.90 Å². The number of rotatable bonds is 10. The van der Waals surface area contributed by atoms with Gasteiger partial charge in [0.2, 0.25) is 5.89 Å². The molecule has 184 valence electrons. The third-order valence-electron chi connectivity index (χ3n) is 4.83. The number of aromatic nitrogens is 2. The lowest BCUT2D eigenvalue weighted by atomic mass is 10.0. The van der Waals surface area contributed by atoms with Crippen molar-refractivity contribution in [1.29, 1.82) is 5.41 Å². The number of hydrogen-bond acceptors (Lipinski definition) is 10. The minimum Gasteiger partial charge on any atom is -0.450 e. The molecule has 0 saturated carbocycles. The summed E-state index contributed by atoms with van der Waals surface area (Å²) in [4.78, 5) is 12.3. The predicted octanol–water partition coefficient (Wildman–Crippen LogP) is 4.60. The molecule has 9 nitrogen and oxygen atoms in total. The number of nitrogens with one attached hydrogen (secondary N) is 2. The average Bonchev–Trinajstić information content (AvgIpc) is 3.32. The molecule has 0 aliphatic carbocycles. The molecule has 0 fully saturated rings. The molecule has 1 heterocycles. The number of thioether (sulfide) groups is 1. The second-order valence-electron chi connectivity index (χ2n) is 7.89. The molecule has 3 rings (SSSR count). The molecule has 35 heavy (non-hydrogen) atoms. The Kier molecular flexibility index (Phi) is 8.47. The van der Waals surface area contributed by atoms with E-state index >= 15 is 0 Å². The number of anilines is 1. The standard InChI is InChI=1S/C24H26N4O5S2/c1-15(2)18-10-5-6-11-20(18)26-21(13-19(25)24(29)32-14-34-3)23-28-27-22(33-23)16-8-7-9-17(12-16)35(4,30)31/h5-13,15,25-26H,14H2,1-4H3/b21-13-,25-19?. The molecule has 0 saturated heterocycles. The highest BCUT2D eigenvalue weighted by Crippen LogP contribution is 2.29. The summed E-state index contributed by atoms with van der Waals surface area (Å²) in [5.74, 6) is -0.369. The summed E-state index contributed by atoms with van der Waals surface area (Å²) in [6.45, 7) is 4.09. The maximum atomic E-state index is 12.2. The smallest absolute Gasteiger partial charge is 0.357 e. The van der Waals surface area contributed by atoms with Crippen LogP contribution in [-0.4, -0.2) is 48.7 Å². The first kappa shape index (κ1) is 26.2. The average molecular weight is 515 g/mol. The van der Waals surface area contributed by atoms with Gasteiger partial charge in [-0.25, -0.2) is 13.2 Å². The predicted molar refractivity (Wildman–Crippen MR) is 137 cm³/mol. The summed E-state index contributed by atoms with van der Waals surface area (Å²) in [7, 11) is -3.42. The lowest BCUT2D eigenvalue weighted by Gasteiger charge is -2.15. The summed E-state index contributed by atoms with van der Waals surface area (Å²) in [6, 6.07) is 13.8. The second-order valence-corrected chi connectivity index (χ2v) is 10.7. The zero-order valence-corrected chi connectivity index (χ0v) is 21.4. The summed E-state index contributed by atoms with van der Waals surface area (Å²) in [6.07, 6.45) is 4.16. The fourth-order valence-electron chi connectivity index (χ4n) is 3.11. The van der Waals surface area contributed by atoms with Crippen LogP contribution < -0.4 is 5.32 Å². The highest BCUT2D eigenvalue weighted by Gasteiger charge is 2.19. The molecule has 2 aromatic carbocycles. The third kappa shape index (κ3) is 6.80. The Morgan fingerprint density at radius 3 is 2.63 bits per heavy atom. The van der Waals surface area contributed by atoms with Crippen LogP contribution in [0.5, 0.6) is 0 Å². The van der Waals surface area contributed by atoms with Gasteiger partial charge in [-0.05, 0) is 48.1 Å². The largest absolute Gasteiger partial charge is 0.450 e. The van der Waals surface area contributed by atoms with Gasteiger partial charge in [0.25, 0.3) is 5.89 Å². The number of carbonyl (C=O) groups is 1. The van der Waals surface area contributed by atoms with Gasteiger partial charge >= 0.3 is 5.97 Å². The van der Waals surface area contributed by atoms with E-state index in [0.29, 0.717) is 5.56 Å². The molecule has 0 atom stereocenters. The molecular weight excluding hydrogens is 488 g/mol. The van der Waals surface area contributed by atoms with Crippen LogP contribution in [0.15, 0.2) is 63.9 Å². The van der Waals surface area contributed by atoms with Gasteiger partial charge in [-0.15, -0.1) is 22.0 Å². The van der Waals surface area contributed by atoms with E-state index in [9.17, 15) is 13.2 Å². The Bertz CT molecular complexity index is 1360. The monoisotopic (exact) mass is 514 g/mol. The number of nitrogens with zero attached hydrogens (tertiary/aromatic N) is 2. The number of ether oxygens (including phenoxy) is 1. The fourth-order valence-corrected chi connectivity index (χ4v) is 4.00. The van der Waals surface area contributed by atoms with Crippen LogP contribution >= 0.6 is 11.8 Å². The summed E-state index contributed by atoms with van der Waals surface area (Å²) < 4.78 is 34.7. The van der Waals surface area contributed by atoms with Crippen molar-refractivity contribution in [3.05, 3.63) is 66.1 Å². The Balaban J connectivity index is 2.02. The first-order chi connectivity index (χ1) is 16.6. The van der Waals surface area contributed by atoms with Gasteiger partial charge < -0.3 is 14.5 Å². The Morgan fingerprint density at radius 2 is 1.94 bits per heavy atom. The Morgan fingerprint density at radius 1 is 1.20 bits per heavy atom. The molecule has 0 radical (unpaired) electrons. The molecule has 0 aliphatic rings. The van der Waals surface area contributed by atoms with E-state index in [1.807, 2.05) is 38.1 Å². The first-order valence-corrected chi connectivity index (χ1v) is 13.8. The number of para-hydroxylation sites is 1. The van der Waals surface area contributed by atoms with Gasteiger partial charge in [0.1, 0.15) is 17.3 Å². The number of esters is 1. The van der Waals surface area contributed by atoms with Gasteiger partial charge in [0.15, 0.2) is 9.84 Å². The molecule has 1 aromatic heterocycles. The van der Waals surface area contributed by atoms with Gasteiger partial charge in [-0.2, -0.15) is 0 Å². The maximum Gasteiger partial charge on any atom is 0.357 e. The van der Waals surface area contributed by atoms with E-state index in [4.69, 9.17) is 14.6 Å². The van der Waals surface area contributed by atoms with Crippen molar-refractivity contribution in [2.24, 2.45) is 0 Å². The van der Waals surface area contributed by atoms with E-state index in [0.717, 1.165) is 17.5 Å². The van der Waals surface area contributed by atoms with Crippen molar-refractivity contribution < 1.29 is 22.4 Å². The maximum absolute atomic E-state index is 12.2. The molecule has 2 N–H and O–H groups in total. The molecule has 0 bridgehead atoms. The molecule has 0 amide bonds. The van der Waals surface area contributed by atoms with Crippen molar-refractivity contribution >= 4 is 44.7 Å². The lowest BCUT2D eigenvalue weighted by Crippen LogP contribution is -2.16. The molecule has 11 heteroatoms. The van der Waals surface area contributed by atoms with Crippen LogP contribution in [0, 0.1) is 5.41 Å². The minimum absolute atomic E-state index is 0.0192. The van der Waals surface area contributed by atoms with Gasteiger partial charge in [-0.3, -0.25) is 5.41 Å². The zero-order chi connectivity index (χ0) is 25.6. The Labute approximate surface area is 208 Å². The SMILES string of the molecule is CSCOC(=O)C(=N)/C=C(\Nc1ccccc1C(C)C)c1nnc(-c2cccc(S(C)(=O)=O)c2)o1. The van der Waals surface area contributed by atoms with Crippen LogP contribution in [0.2, 0.25) is 0 Å². The van der Waals surface area contributed by atoms with Gasteiger partial charge in [-0.1, -0.05) is 38.1 Å². The van der Waals surface area contributed by atoms with Crippen molar-refractivity contribution in [2.75, 3.05) is 23.8 Å². The third-order valence-corrected chi connectivity index (χ3v) is 6.30.